The van der Waals surface area contributed by atoms with Crippen molar-refractivity contribution in [2.24, 2.45) is 23.2 Å². The molecular weight excluding hydrogens is 408 g/mol. The first-order valence-electron chi connectivity index (χ1n) is 13.0. The molecule has 33 heavy (non-hydrogen) atoms. The van der Waals surface area contributed by atoms with Gasteiger partial charge in [0.25, 0.3) is 0 Å². The van der Waals surface area contributed by atoms with Gasteiger partial charge in [-0.05, 0) is 97.1 Å². The van der Waals surface area contributed by atoms with Gasteiger partial charge in [0, 0.05) is 0 Å². The van der Waals surface area contributed by atoms with Gasteiger partial charge in [-0.2, -0.15) is 0 Å². The third kappa shape index (κ3) is 7.22. The Labute approximate surface area is 201 Å². The third-order valence-electron chi connectivity index (χ3n) is 7.70. The molecule has 3 heteroatoms. The SMILES string of the molecule is CCC(CCC(C)Cc1ccc2cc(OC3CCC(C(C)(C)C)CC3)ccc2c1)C(=O)OC. The van der Waals surface area contributed by atoms with Crippen molar-refractivity contribution < 1.29 is 14.3 Å². The predicted molar refractivity (Wildman–Crippen MR) is 138 cm³/mol. The molecule has 0 bridgehead atoms. The lowest BCUT2D eigenvalue weighted by atomic mass is 9.72. The van der Waals surface area contributed by atoms with Crippen LogP contribution in [0.3, 0.4) is 0 Å². The summed E-state index contributed by atoms with van der Waals surface area (Å²) in [7, 11) is 1.48. The molecule has 0 spiro atoms. The topological polar surface area (TPSA) is 35.5 Å². The van der Waals surface area contributed by atoms with Gasteiger partial charge in [0.05, 0.1) is 19.1 Å². The van der Waals surface area contributed by atoms with E-state index in [9.17, 15) is 4.79 Å². The second-order valence-corrected chi connectivity index (χ2v) is 11.3. The molecule has 0 aromatic heterocycles. The molecule has 2 unspecified atom stereocenters. The van der Waals surface area contributed by atoms with Crippen molar-refractivity contribution in [3.05, 3.63) is 42.0 Å². The molecule has 0 aliphatic heterocycles. The molecule has 0 N–H and O–H groups in total. The van der Waals surface area contributed by atoms with E-state index in [0.717, 1.165) is 50.2 Å². The molecular formula is C30H44O3. The van der Waals surface area contributed by atoms with Crippen LogP contribution in [0.1, 0.15) is 85.1 Å². The van der Waals surface area contributed by atoms with Crippen molar-refractivity contribution in [1.29, 1.82) is 0 Å². The lowest BCUT2D eigenvalue weighted by Crippen LogP contribution is -2.30. The molecule has 0 amide bonds. The fourth-order valence-corrected chi connectivity index (χ4v) is 5.36. The molecule has 182 valence electrons. The molecule has 2 atom stereocenters. The highest BCUT2D eigenvalue weighted by Gasteiger charge is 2.30. The number of carbonyl (C=O) groups excluding carboxylic acids is 1. The molecule has 2 aromatic carbocycles. The van der Waals surface area contributed by atoms with Gasteiger partial charge in [-0.25, -0.2) is 0 Å². The van der Waals surface area contributed by atoms with E-state index in [1.165, 1.54) is 36.3 Å². The fourth-order valence-electron chi connectivity index (χ4n) is 5.36. The van der Waals surface area contributed by atoms with Gasteiger partial charge in [-0.15, -0.1) is 0 Å². The monoisotopic (exact) mass is 452 g/mol. The van der Waals surface area contributed by atoms with E-state index in [1.54, 1.807) is 0 Å². The summed E-state index contributed by atoms with van der Waals surface area (Å²) in [5, 5.41) is 2.51. The van der Waals surface area contributed by atoms with E-state index >= 15 is 0 Å². The molecule has 0 saturated heterocycles. The number of hydrogen-bond donors (Lipinski definition) is 0. The molecule has 0 radical (unpaired) electrons. The van der Waals surface area contributed by atoms with E-state index < -0.39 is 0 Å². The highest BCUT2D eigenvalue weighted by Crippen LogP contribution is 2.39. The summed E-state index contributed by atoms with van der Waals surface area (Å²) in [5.41, 5.74) is 1.76. The summed E-state index contributed by atoms with van der Waals surface area (Å²) in [5.74, 6) is 2.29. The van der Waals surface area contributed by atoms with E-state index in [-0.39, 0.29) is 11.9 Å². The number of carbonyl (C=O) groups is 1. The first kappa shape index (κ1) is 25.6. The number of ether oxygens (including phenoxy) is 2. The van der Waals surface area contributed by atoms with Gasteiger partial charge in [-0.3, -0.25) is 4.79 Å². The van der Waals surface area contributed by atoms with Gasteiger partial charge >= 0.3 is 5.97 Å². The molecule has 0 heterocycles. The molecule has 3 rings (SSSR count). The smallest absolute Gasteiger partial charge is 0.308 e. The maximum Gasteiger partial charge on any atom is 0.308 e. The van der Waals surface area contributed by atoms with E-state index in [4.69, 9.17) is 9.47 Å². The van der Waals surface area contributed by atoms with Gasteiger partial charge in [0.2, 0.25) is 0 Å². The summed E-state index contributed by atoms with van der Waals surface area (Å²) in [6, 6.07) is 13.3. The van der Waals surface area contributed by atoms with Crippen molar-refractivity contribution in [1.82, 2.24) is 0 Å². The lowest BCUT2D eigenvalue weighted by Gasteiger charge is -2.37. The quantitative estimate of drug-likeness (QED) is 0.362. The van der Waals surface area contributed by atoms with Crippen molar-refractivity contribution in [3.63, 3.8) is 0 Å². The van der Waals surface area contributed by atoms with Gasteiger partial charge in [-0.1, -0.05) is 58.9 Å². The second kappa shape index (κ2) is 11.4. The van der Waals surface area contributed by atoms with Gasteiger partial charge < -0.3 is 9.47 Å². The maximum atomic E-state index is 11.8. The minimum Gasteiger partial charge on any atom is -0.490 e. The Morgan fingerprint density at radius 2 is 1.67 bits per heavy atom. The maximum absolute atomic E-state index is 11.8. The second-order valence-electron chi connectivity index (χ2n) is 11.3. The number of fused-ring (bicyclic) bond motifs is 1. The van der Waals surface area contributed by atoms with E-state index in [2.05, 4.69) is 71.0 Å². The summed E-state index contributed by atoms with van der Waals surface area (Å²) >= 11 is 0. The summed E-state index contributed by atoms with van der Waals surface area (Å²) in [4.78, 5) is 11.8. The number of esters is 1. The van der Waals surface area contributed by atoms with Crippen LogP contribution in [0.15, 0.2) is 36.4 Å². The Balaban J connectivity index is 1.54. The molecule has 2 aromatic rings. The lowest BCUT2D eigenvalue weighted by molar-refractivity contribution is -0.145. The predicted octanol–water partition coefficient (Wildman–Crippen LogP) is 7.98. The highest BCUT2D eigenvalue weighted by molar-refractivity contribution is 5.84. The Morgan fingerprint density at radius 3 is 2.30 bits per heavy atom. The zero-order valence-electron chi connectivity index (χ0n) is 21.7. The average Bonchev–Trinajstić information content (AvgIpc) is 2.79. The number of benzene rings is 2. The fraction of sp³-hybridized carbons (Fsp3) is 0.633. The Hall–Kier alpha value is -2.03. The molecule has 1 saturated carbocycles. The number of methoxy groups -OCH3 is 1. The summed E-state index contributed by atoms with van der Waals surface area (Å²) in [6.07, 6.45) is 9.01. The Kier molecular flexibility index (Phi) is 8.84. The van der Waals surface area contributed by atoms with Crippen molar-refractivity contribution >= 4 is 16.7 Å². The van der Waals surface area contributed by atoms with E-state index in [1.807, 2.05) is 0 Å². The van der Waals surface area contributed by atoms with Crippen LogP contribution in [0.4, 0.5) is 0 Å². The third-order valence-corrected chi connectivity index (χ3v) is 7.70. The molecule has 1 aliphatic carbocycles. The van der Waals surface area contributed by atoms with Crippen LogP contribution >= 0.6 is 0 Å². The van der Waals surface area contributed by atoms with Crippen LogP contribution in [-0.4, -0.2) is 19.2 Å². The molecule has 1 aliphatic rings. The Bertz CT molecular complexity index is 902. The van der Waals surface area contributed by atoms with Crippen LogP contribution in [0, 0.1) is 23.2 Å². The van der Waals surface area contributed by atoms with Gasteiger partial charge in [0.1, 0.15) is 5.75 Å². The van der Waals surface area contributed by atoms with Crippen LogP contribution < -0.4 is 4.74 Å². The highest BCUT2D eigenvalue weighted by atomic mass is 16.5. The number of hydrogen-bond acceptors (Lipinski definition) is 3. The molecule has 3 nitrogen and oxygen atoms in total. The van der Waals surface area contributed by atoms with Gasteiger partial charge in [0.15, 0.2) is 0 Å². The van der Waals surface area contributed by atoms with Crippen molar-refractivity contribution in [3.8, 4) is 5.75 Å². The summed E-state index contributed by atoms with van der Waals surface area (Å²) < 4.78 is 11.3. The minimum absolute atomic E-state index is 0.0241. The first-order chi connectivity index (χ1) is 15.7. The average molecular weight is 453 g/mol. The largest absolute Gasteiger partial charge is 0.490 e. The zero-order valence-corrected chi connectivity index (χ0v) is 21.7. The summed E-state index contributed by atoms with van der Waals surface area (Å²) in [6.45, 7) is 11.4. The van der Waals surface area contributed by atoms with Crippen molar-refractivity contribution in [2.45, 2.75) is 92.1 Å². The van der Waals surface area contributed by atoms with Crippen molar-refractivity contribution in [2.75, 3.05) is 7.11 Å². The van der Waals surface area contributed by atoms with Crippen LogP contribution in [-0.2, 0) is 16.0 Å². The standard InChI is InChI=1S/C30H44O3/c1-7-23(29(31)32-6)10-8-21(2)18-22-9-11-25-20-28(15-12-24(25)19-22)33-27-16-13-26(14-17-27)30(3,4)5/h9,11-12,15,19-21,23,26-27H,7-8,10,13-14,16-18H2,1-6H3. The van der Waals surface area contributed by atoms with Crippen LogP contribution in [0.5, 0.6) is 5.75 Å². The van der Waals surface area contributed by atoms with Crippen LogP contribution in [0.25, 0.3) is 10.8 Å². The van der Waals surface area contributed by atoms with Crippen LogP contribution in [0.2, 0.25) is 0 Å². The first-order valence-corrected chi connectivity index (χ1v) is 13.0. The molecule has 1 fully saturated rings. The normalized spacial score (nSPS) is 20.9. The minimum atomic E-state index is -0.0734. The Morgan fingerprint density at radius 1 is 1.00 bits per heavy atom. The zero-order chi connectivity index (χ0) is 24.0. The number of rotatable bonds is 9. The van der Waals surface area contributed by atoms with E-state index in [0.29, 0.717) is 17.4 Å².